The first-order chi connectivity index (χ1) is 12.0. The summed E-state index contributed by atoms with van der Waals surface area (Å²) in [6, 6.07) is 15.1. The molecule has 0 fully saturated rings. The van der Waals surface area contributed by atoms with E-state index in [0.29, 0.717) is 11.6 Å². The molecule has 1 aromatic heterocycles. The normalized spacial score (nSPS) is 11.9. The molecule has 1 unspecified atom stereocenters. The third-order valence-corrected chi connectivity index (χ3v) is 3.74. The van der Waals surface area contributed by atoms with Gasteiger partial charge in [-0.15, -0.1) is 0 Å². The zero-order valence-electron chi connectivity index (χ0n) is 13.9. The number of rotatable bonds is 5. The molecular weight excluding hydrogens is 316 g/mol. The molecule has 0 saturated heterocycles. The number of nitrogens with two attached hydrogens (primary N) is 2. The SMILES string of the molecule is CC(N)c1nc(C(=O)Nc2ccc(Cc3ccc(N)cc3)cc2)co1. The van der Waals surface area contributed by atoms with Crippen LogP contribution in [0.25, 0.3) is 0 Å². The number of anilines is 2. The largest absolute Gasteiger partial charge is 0.446 e. The quantitative estimate of drug-likeness (QED) is 0.621. The molecule has 0 bridgehead atoms. The van der Waals surface area contributed by atoms with Gasteiger partial charge in [-0.2, -0.15) is 0 Å². The number of carbonyl (C=O) groups excluding carboxylic acids is 1. The van der Waals surface area contributed by atoms with E-state index in [1.165, 1.54) is 11.8 Å². The molecular formula is C19H20N4O2. The number of nitrogens with zero attached hydrogens (tertiary/aromatic N) is 1. The topological polar surface area (TPSA) is 107 Å². The second-order valence-corrected chi connectivity index (χ2v) is 5.93. The van der Waals surface area contributed by atoms with Crippen molar-refractivity contribution in [3.05, 3.63) is 77.5 Å². The lowest BCUT2D eigenvalue weighted by Crippen LogP contribution is -2.13. The van der Waals surface area contributed by atoms with Gasteiger partial charge in [0.1, 0.15) is 6.26 Å². The van der Waals surface area contributed by atoms with Gasteiger partial charge in [0, 0.05) is 11.4 Å². The Hall–Kier alpha value is -3.12. The Bertz CT molecular complexity index is 852. The molecule has 0 aliphatic carbocycles. The van der Waals surface area contributed by atoms with E-state index in [0.717, 1.165) is 17.7 Å². The molecule has 1 amide bonds. The maximum atomic E-state index is 12.2. The fraction of sp³-hybridized carbons (Fsp3) is 0.158. The van der Waals surface area contributed by atoms with Crippen molar-refractivity contribution in [2.24, 2.45) is 5.73 Å². The molecule has 25 heavy (non-hydrogen) atoms. The third kappa shape index (κ3) is 4.24. The van der Waals surface area contributed by atoms with Gasteiger partial charge in [0.2, 0.25) is 5.89 Å². The van der Waals surface area contributed by atoms with Gasteiger partial charge in [0.05, 0.1) is 6.04 Å². The highest BCUT2D eigenvalue weighted by Gasteiger charge is 2.14. The molecule has 0 radical (unpaired) electrons. The van der Waals surface area contributed by atoms with Gasteiger partial charge < -0.3 is 21.2 Å². The van der Waals surface area contributed by atoms with Crippen LogP contribution in [0.4, 0.5) is 11.4 Å². The fourth-order valence-corrected chi connectivity index (χ4v) is 2.37. The van der Waals surface area contributed by atoms with Crippen molar-refractivity contribution in [1.82, 2.24) is 4.98 Å². The number of oxazole rings is 1. The summed E-state index contributed by atoms with van der Waals surface area (Å²) in [4.78, 5) is 16.2. The summed E-state index contributed by atoms with van der Waals surface area (Å²) >= 11 is 0. The molecule has 5 N–H and O–H groups in total. The lowest BCUT2D eigenvalue weighted by atomic mass is 10.0. The predicted molar refractivity (Wildman–Crippen MR) is 97.2 cm³/mol. The van der Waals surface area contributed by atoms with Crippen LogP contribution in [0.5, 0.6) is 0 Å². The molecule has 3 rings (SSSR count). The average Bonchev–Trinajstić information content (AvgIpc) is 3.09. The zero-order valence-corrected chi connectivity index (χ0v) is 13.9. The lowest BCUT2D eigenvalue weighted by Gasteiger charge is -2.06. The fourth-order valence-electron chi connectivity index (χ4n) is 2.37. The van der Waals surface area contributed by atoms with Gasteiger partial charge in [-0.25, -0.2) is 4.98 Å². The van der Waals surface area contributed by atoms with Gasteiger partial charge in [-0.05, 0) is 48.7 Å². The molecule has 0 aliphatic rings. The monoisotopic (exact) mass is 336 g/mol. The summed E-state index contributed by atoms with van der Waals surface area (Å²) < 4.78 is 5.17. The second-order valence-electron chi connectivity index (χ2n) is 5.93. The van der Waals surface area contributed by atoms with Crippen molar-refractivity contribution in [2.75, 3.05) is 11.1 Å². The Kier molecular flexibility index (Phi) is 4.81. The maximum absolute atomic E-state index is 12.2. The van der Waals surface area contributed by atoms with Crippen molar-refractivity contribution in [3.8, 4) is 0 Å². The van der Waals surface area contributed by atoms with Gasteiger partial charge in [-0.3, -0.25) is 4.79 Å². The van der Waals surface area contributed by atoms with Crippen molar-refractivity contribution < 1.29 is 9.21 Å². The summed E-state index contributed by atoms with van der Waals surface area (Å²) in [6.07, 6.45) is 2.11. The summed E-state index contributed by atoms with van der Waals surface area (Å²) in [5.74, 6) is 0.00549. The first-order valence-corrected chi connectivity index (χ1v) is 7.97. The third-order valence-electron chi connectivity index (χ3n) is 3.74. The van der Waals surface area contributed by atoms with E-state index in [1.807, 2.05) is 48.5 Å². The molecule has 6 nitrogen and oxygen atoms in total. The van der Waals surface area contributed by atoms with Crippen LogP contribution in [0.1, 0.15) is 40.5 Å². The molecule has 6 heteroatoms. The second kappa shape index (κ2) is 7.19. The number of aromatic nitrogens is 1. The Morgan fingerprint density at radius 2 is 1.72 bits per heavy atom. The number of hydrogen-bond acceptors (Lipinski definition) is 5. The van der Waals surface area contributed by atoms with E-state index in [-0.39, 0.29) is 17.6 Å². The average molecular weight is 336 g/mol. The molecule has 2 aromatic carbocycles. The summed E-state index contributed by atoms with van der Waals surface area (Å²) in [5.41, 5.74) is 15.3. The maximum Gasteiger partial charge on any atom is 0.277 e. The van der Waals surface area contributed by atoms with Crippen LogP contribution in [0, 0.1) is 0 Å². The van der Waals surface area contributed by atoms with Gasteiger partial charge >= 0.3 is 0 Å². The zero-order chi connectivity index (χ0) is 17.8. The predicted octanol–water partition coefficient (Wildman–Crippen LogP) is 3.12. The van der Waals surface area contributed by atoms with Crippen LogP contribution in [-0.2, 0) is 6.42 Å². The van der Waals surface area contributed by atoms with E-state index in [9.17, 15) is 4.79 Å². The molecule has 1 atom stereocenters. The minimum absolute atomic E-state index is 0.207. The molecule has 128 valence electrons. The first-order valence-electron chi connectivity index (χ1n) is 7.97. The number of nitrogen functional groups attached to an aromatic ring is 1. The molecule has 1 heterocycles. The van der Waals surface area contributed by atoms with Crippen molar-refractivity contribution in [3.63, 3.8) is 0 Å². The molecule has 3 aromatic rings. The summed E-state index contributed by atoms with van der Waals surface area (Å²) in [6.45, 7) is 1.74. The van der Waals surface area contributed by atoms with Crippen LogP contribution < -0.4 is 16.8 Å². The van der Waals surface area contributed by atoms with Gasteiger partial charge in [-0.1, -0.05) is 24.3 Å². The van der Waals surface area contributed by atoms with Crippen LogP contribution in [-0.4, -0.2) is 10.9 Å². The first kappa shape index (κ1) is 16.7. The Morgan fingerprint density at radius 3 is 2.28 bits per heavy atom. The Labute approximate surface area is 145 Å². The van der Waals surface area contributed by atoms with E-state index < -0.39 is 0 Å². The van der Waals surface area contributed by atoms with E-state index in [2.05, 4.69) is 10.3 Å². The number of hydrogen-bond donors (Lipinski definition) is 3. The van der Waals surface area contributed by atoms with Crippen molar-refractivity contribution in [2.45, 2.75) is 19.4 Å². The number of nitrogens with one attached hydrogen (secondary N) is 1. The van der Waals surface area contributed by atoms with Crippen LogP contribution >= 0.6 is 0 Å². The Balaban J connectivity index is 1.63. The van der Waals surface area contributed by atoms with E-state index in [4.69, 9.17) is 15.9 Å². The van der Waals surface area contributed by atoms with E-state index in [1.54, 1.807) is 6.92 Å². The Morgan fingerprint density at radius 1 is 1.12 bits per heavy atom. The van der Waals surface area contributed by atoms with Crippen molar-refractivity contribution >= 4 is 17.3 Å². The van der Waals surface area contributed by atoms with Crippen LogP contribution in [0.15, 0.2) is 59.2 Å². The standard InChI is InChI=1S/C19H20N4O2/c1-12(20)19-23-17(11-25-19)18(24)22-16-8-4-14(5-9-16)10-13-2-6-15(21)7-3-13/h2-9,11-12H,10,20-21H2,1H3,(H,22,24). The van der Waals surface area contributed by atoms with Crippen LogP contribution in [0.2, 0.25) is 0 Å². The number of amides is 1. The highest BCUT2D eigenvalue weighted by atomic mass is 16.3. The summed E-state index contributed by atoms with van der Waals surface area (Å²) in [7, 11) is 0. The van der Waals surface area contributed by atoms with Gasteiger partial charge in [0.25, 0.3) is 5.91 Å². The van der Waals surface area contributed by atoms with E-state index >= 15 is 0 Å². The minimum atomic E-state index is -0.353. The number of benzene rings is 2. The molecule has 0 saturated carbocycles. The molecule has 0 aliphatic heterocycles. The smallest absolute Gasteiger partial charge is 0.277 e. The van der Waals surface area contributed by atoms with Crippen molar-refractivity contribution in [1.29, 1.82) is 0 Å². The highest BCUT2D eigenvalue weighted by Crippen LogP contribution is 2.16. The summed E-state index contributed by atoms with van der Waals surface area (Å²) in [5, 5.41) is 2.79. The highest BCUT2D eigenvalue weighted by molar-refractivity contribution is 6.02. The van der Waals surface area contributed by atoms with Crippen LogP contribution in [0.3, 0.4) is 0 Å². The number of carbonyl (C=O) groups is 1. The van der Waals surface area contributed by atoms with Gasteiger partial charge in [0.15, 0.2) is 5.69 Å². The molecule has 0 spiro atoms. The minimum Gasteiger partial charge on any atom is -0.446 e. The lowest BCUT2D eigenvalue weighted by molar-refractivity contribution is 0.102.